The second kappa shape index (κ2) is 4.85. The Hall–Kier alpha value is -2.39. The fourth-order valence-electron chi connectivity index (χ4n) is 1.44. The van der Waals surface area contributed by atoms with Gasteiger partial charge in [0, 0.05) is 5.69 Å². The fourth-order valence-corrected chi connectivity index (χ4v) is 2.17. The number of nitriles is 1. The molecule has 18 heavy (non-hydrogen) atoms. The van der Waals surface area contributed by atoms with Crippen LogP contribution in [0.3, 0.4) is 0 Å². The predicted molar refractivity (Wildman–Crippen MR) is 70.4 cm³/mol. The van der Waals surface area contributed by atoms with Crippen molar-refractivity contribution in [2.24, 2.45) is 0 Å². The SMILES string of the molecule is Cc1nc(N)sc1C(=O)Nc1ccc(C#N)cc1. The summed E-state index contributed by atoms with van der Waals surface area (Å²) in [6.07, 6.45) is 0. The standard InChI is InChI=1S/C12H10N4OS/c1-7-10(18-12(14)15-7)11(17)16-9-4-2-8(6-13)3-5-9/h2-5H,1H3,(H2,14,15)(H,16,17). The number of amides is 1. The van der Waals surface area contributed by atoms with Crippen LogP contribution in [0.25, 0.3) is 0 Å². The lowest BCUT2D eigenvalue weighted by Crippen LogP contribution is -2.11. The molecule has 0 fully saturated rings. The van der Waals surface area contributed by atoms with Gasteiger partial charge in [-0.2, -0.15) is 5.26 Å². The van der Waals surface area contributed by atoms with Crippen molar-refractivity contribution >= 4 is 28.1 Å². The number of aryl methyl sites for hydroxylation is 1. The quantitative estimate of drug-likeness (QED) is 0.863. The van der Waals surface area contributed by atoms with Gasteiger partial charge < -0.3 is 11.1 Å². The number of nitrogens with one attached hydrogen (secondary N) is 1. The minimum atomic E-state index is -0.244. The third-order valence-electron chi connectivity index (χ3n) is 2.29. The van der Waals surface area contributed by atoms with Crippen LogP contribution >= 0.6 is 11.3 Å². The Kier molecular flexibility index (Phi) is 3.26. The minimum absolute atomic E-state index is 0.244. The van der Waals surface area contributed by atoms with Gasteiger partial charge in [0.25, 0.3) is 5.91 Å². The number of benzene rings is 1. The Labute approximate surface area is 108 Å². The van der Waals surface area contributed by atoms with Crippen LogP contribution < -0.4 is 11.1 Å². The van der Waals surface area contributed by atoms with Crippen LogP contribution in [0, 0.1) is 18.3 Å². The zero-order valence-electron chi connectivity index (χ0n) is 9.60. The highest BCUT2D eigenvalue weighted by molar-refractivity contribution is 7.17. The molecule has 0 saturated carbocycles. The van der Waals surface area contributed by atoms with Crippen molar-refractivity contribution in [2.45, 2.75) is 6.92 Å². The smallest absolute Gasteiger partial charge is 0.267 e. The Morgan fingerprint density at radius 3 is 2.61 bits per heavy atom. The summed E-state index contributed by atoms with van der Waals surface area (Å²) >= 11 is 1.15. The Morgan fingerprint density at radius 2 is 2.11 bits per heavy atom. The summed E-state index contributed by atoms with van der Waals surface area (Å²) in [4.78, 5) is 16.4. The van der Waals surface area contributed by atoms with Crippen LogP contribution in [0.4, 0.5) is 10.8 Å². The van der Waals surface area contributed by atoms with Crippen LogP contribution in [-0.4, -0.2) is 10.9 Å². The van der Waals surface area contributed by atoms with E-state index in [1.54, 1.807) is 31.2 Å². The third kappa shape index (κ3) is 2.47. The maximum Gasteiger partial charge on any atom is 0.267 e. The molecule has 90 valence electrons. The number of nitrogen functional groups attached to an aromatic ring is 1. The van der Waals surface area contributed by atoms with E-state index in [4.69, 9.17) is 11.0 Å². The number of rotatable bonds is 2. The van der Waals surface area contributed by atoms with E-state index in [0.717, 1.165) is 11.3 Å². The highest BCUT2D eigenvalue weighted by Gasteiger charge is 2.14. The summed E-state index contributed by atoms with van der Waals surface area (Å²) in [5.41, 5.74) is 7.33. The van der Waals surface area contributed by atoms with Gasteiger partial charge in [0.15, 0.2) is 5.13 Å². The summed E-state index contributed by atoms with van der Waals surface area (Å²) in [7, 11) is 0. The number of thiazole rings is 1. The third-order valence-corrected chi connectivity index (χ3v) is 3.28. The van der Waals surface area contributed by atoms with Gasteiger partial charge in [-0.25, -0.2) is 4.98 Å². The lowest BCUT2D eigenvalue weighted by Gasteiger charge is -2.03. The average Bonchev–Trinajstić information content (AvgIpc) is 2.69. The first-order valence-electron chi connectivity index (χ1n) is 5.14. The lowest BCUT2D eigenvalue weighted by atomic mass is 10.2. The molecule has 0 aliphatic rings. The van der Waals surface area contributed by atoms with Crippen LogP contribution in [0.2, 0.25) is 0 Å². The van der Waals surface area contributed by atoms with E-state index in [2.05, 4.69) is 10.3 Å². The van der Waals surface area contributed by atoms with E-state index in [-0.39, 0.29) is 5.91 Å². The molecule has 5 nitrogen and oxygen atoms in total. The Bertz CT molecular complexity index is 625. The number of aromatic nitrogens is 1. The maximum absolute atomic E-state index is 11.9. The van der Waals surface area contributed by atoms with Crippen LogP contribution in [0.15, 0.2) is 24.3 Å². The Morgan fingerprint density at radius 1 is 1.44 bits per heavy atom. The van der Waals surface area contributed by atoms with E-state index in [1.165, 1.54) is 0 Å². The molecule has 1 heterocycles. The molecule has 2 aromatic rings. The maximum atomic E-state index is 11.9. The molecule has 0 saturated heterocycles. The molecule has 6 heteroatoms. The molecule has 0 spiro atoms. The summed E-state index contributed by atoms with van der Waals surface area (Å²) in [6.45, 7) is 1.74. The number of carbonyl (C=O) groups excluding carboxylic acids is 1. The van der Waals surface area contributed by atoms with Crippen molar-refractivity contribution in [3.05, 3.63) is 40.4 Å². The zero-order chi connectivity index (χ0) is 13.1. The van der Waals surface area contributed by atoms with Gasteiger partial charge in [0.05, 0.1) is 17.3 Å². The normalized spacial score (nSPS) is 9.78. The lowest BCUT2D eigenvalue weighted by molar-refractivity contribution is 0.103. The first-order chi connectivity index (χ1) is 8.60. The molecular weight excluding hydrogens is 248 g/mol. The highest BCUT2D eigenvalue weighted by Crippen LogP contribution is 2.21. The molecule has 2 rings (SSSR count). The van der Waals surface area contributed by atoms with Crippen molar-refractivity contribution in [1.29, 1.82) is 5.26 Å². The zero-order valence-corrected chi connectivity index (χ0v) is 10.4. The minimum Gasteiger partial charge on any atom is -0.375 e. The Balaban J connectivity index is 2.16. The van der Waals surface area contributed by atoms with E-state index < -0.39 is 0 Å². The number of anilines is 2. The molecule has 0 aliphatic heterocycles. The summed E-state index contributed by atoms with van der Waals surface area (Å²) < 4.78 is 0. The van der Waals surface area contributed by atoms with E-state index in [0.29, 0.717) is 27.0 Å². The van der Waals surface area contributed by atoms with E-state index in [1.807, 2.05) is 6.07 Å². The van der Waals surface area contributed by atoms with Gasteiger partial charge >= 0.3 is 0 Å². The molecule has 3 N–H and O–H groups in total. The van der Waals surface area contributed by atoms with Crippen molar-refractivity contribution in [2.75, 3.05) is 11.1 Å². The number of hydrogen-bond donors (Lipinski definition) is 2. The second-order valence-electron chi connectivity index (χ2n) is 3.61. The van der Waals surface area contributed by atoms with Crippen LogP contribution in [0.5, 0.6) is 0 Å². The van der Waals surface area contributed by atoms with Gasteiger partial charge in [-0.15, -0.1) is 0 Å². The van der Waals surface area contributed by atoms with Crippen molar-refractivity contribution < 1.29 is 4.79 Å². The summed E-state index contributed by atoms with van der Waals surface area (Å²) in [6, 6.07) is 8.65. The predicted octanol–water partition coefficient (Wildman–Crippen LogP) is 2.16. The molecule has 0 atom stereocenters. The first kappa shape index (κ1) is 12.1. The van der Waals surface area contributed by atoms with Crippen LogP contribution in [-0.2, 0) is 0 Å². The van der Waals surface area contributed by atoms with Gasteiger partial charge in [-0.05, 0) is 31.2 Å². The average molecular weight is 258 g/mol. The second-order valence-corrected chi connectivity index (χ2v) is 4.64. The number of hydrogen-bond acceptors (Lipinski definition) is 5. The van der Waals surface area contributed by atoms with E-state index >= 15 is 0 Å². The fraction of sp³-hybridized carbons (Fsp3) is 0.0833. The molecule has 0 aliphatic carbocycles. The van der Waals surface area contributed by atoms with Gasteiger partial charge in [-0.1, -0.05) is 11.3 Å². The van der Waals surface area contributed by atoms with Crippen molar-refractivity contribution in [3.63, 3.8) is 0 Å². The molecule has 1 aromatic carbocycles. The molecular formula is C12H10N4OS. The molecule has 1 aromatic heterocycles. The van der Waals surface area contributed by atoms with Gasteiger partial charge in [-0.3, -0.25) is 4.79 Å². The van der Waals surface area contributed by atoms with Gasteiger partial charge in [0.1, 0.15) is 4.88 Å². The largest absolute Gasteiger partial charge is 0.375 e. The molecule has 0 bridgehead atoms. The molecule has 0 radical (unpaired) electrons. The topological polar surface area (TPSA) is 91.8 Å². The number of nitrogens with zero attached hydrogens (tertiary/aromatic N) is 2. The number of nitrogens with two attached hydrogens (primary N) is 1. The van der Waals surface area contributed by atoms with Gasteiger partial charge in [0.2, 0.25) is 0 Å². The summed E-state index contributed by atoms with van der Waals surface area (Å²) in [5, 5.41) is 11.8. The summed E-state index contributed by atoms with van der Waals surface area (Å²) in [5.74, 6) is -0.244. The van der Waals surface area contributed by atoms with Crippen molar-refractivity contribution in [3.8, 4) is 6.07 Å². The van der Waals surface area contributed by atoms with Crippen molar-refractivity contribution in [1.82, 2.24) is 4.98 Å². The number of carbonyl (C=O) groups is 1. The molecule has 0 unspecified atom stereocenters. The van der Waals surface area contributed by atoms with E-state index in [9.17, 15) is 4.79 Å². The molecule has 1 amide bonds. The first-order valence-corrected chi connectivity index (χ1v) is 5.96. The highest BCUT2D eigenvalue weighted by atomic mass is 32.1. The van der Waals surface area contributed by atoms with Crippen LogP contribution in [0.1, 0.15) is 20.9 Å². The monoisotopic (exact) mass is 258 g/mol.